The van der Waals surface area contributed by atoms with Gasteiger partial charge in [0, 0.05) is 23.8 Å². The lowest BCUT2D eigenvalue weighted by Gasteiger charge is -2.29. The number of amides is 1. The number of hydrogen-bond acceptors (Lipinski definition) is 1. The van der Waals surface area contributed by atoms with Crippen LogP contribution in [0.3, 0.4) is 0 Å². The van der Waals surface area contributed by atoms with E-state index in [1.807, 2.05) is 0 Å². The van der Waals surface area contributed by atoms with Gasteiger partial charge >= 0.3 is 0 Å². The maximum Gasteiger partial charge on any atom is 0.226 e. The van der Waals surface area contributed by atoms with Crippen molar-refractivity contribution in [1.82, 2.24) is 4.90 Å². The molecule has 0 aromatic rings. The summed E-state index contributed by atoms with van der Waals surface area (Å²) in [7, 11) is 0. The molecule has 0 aromatic heterocycles. The third kappa shape index (κ3) is 2.16. The van der Waals surface area contributed by atoms with Gasteiger partial charge in [0.25, 0.3) is 0 Å². The fourth-order valence-corrected chi connectivity index (χ4v) is 4.54. The van der Waals surface area contributed by atoms with Crippen molar-refractivity contribution in [2.45, 2.75) is 51.0 Å². The van der Waals surface area contributed by atoms with Gasteiger partial charge in [0.15, 0.2) is 0 Å². The fraction of sp³-hybridized carbons (Fsp3) is 0.929. The van der Waals surface area contributed by atoms with Crippen LogP contribution in [0.1, 0.15) is 44.9 Å². The maximum absolute atomic E-state index is 12.6. The standard InChI is InChI=1S/C14H22BrNO/c15-8-9-16(10-4-1-2-5-10)14(17)13-11-6-3-7-12(11)13/h10-13H,1-9H2. The van der Waals surface area contributed by atoms with Crippen molar-refractivity contribution in [2.24, 2.45) is 17.8 Å². The topological polar surface area (TPSA) is 20.3 Å². The molecule has 96 valence electrons. The molecular weight excluding hydrogens is 278 g/mol. The Morgan fingerprint density at radius 3 is 2.29 bits per heavy atom. The molecule has 3 aliphatic rings. The van der Waals surface area contributed by atoms with Crippen molar-refractivity contribution in [3.63, 3.8) is 0 Å². The lowest BCUT2D eigenvalue weighted by molar-refractivity contribution is -0.135. The molecule has 2 unspecified atom stereocenters. The molecule has 1 amide bonds. The molecule has 2 nitrogen and oxygen atoms in total. The van der Waals surface area contributed by atoms with Gasteiger partial charge in [-0.25, -0.2) is 0 Å². The predicted octanol–water partition coefficient (Wildman–Crippen LogP) is 3.20. The first-order valence-electron chi connectivity index (χ1n) is 7.19. The summed E-state index contributed by atoms with van der Waals surface area (Å²) in [4.78, 5) is 14.8. The Bertz CT molecular complexity index is 291. The summed E-state index contributed by atoms with van der Waals surface area (Å²) >= 11 is 3.50. The highest BCUT2D eigenvalue weighted by Gasteiger charge is 2.57. The van der Waals surface area contributed by atoms with Crippen molar-refractivity contribution < 1.29 is 4.79 Å². The molecule has 3 fully saturated rings. The molecular formula is C14H22BrNO. The van der Waals surface area contributed by atoms with E-state index < -0.39 is 0 Å². The molecule has 0 N–H and O–H groups in total. The summed E-state index contributed by atoms with van der Waals surface area (Å²) in [5, 5.41) is 0.928. The minimum absolute atomic E-state index is 0.420. The first kappa shape index (κ1) is 12.0. The number of halogens is 1. The van der Waals surface area contributed by atoms with Crippen molar-refractivity contribution in [1.29, 1.82) is 0 Å². The summed E-state index contributed by atoms with van der Waals surface area (Å²) in [6, 6.07) is 0.557. The second-order valence-electron chi connectivity index (χ2n) is 5.94. The smallest absolute Gasteiger partial charge is 0.226 e. The molecule has 0 bridgehead atoms. The van der Waals surface area contributed by atoms with E-state index in [4.69, 9.17) is 0 Å². The number of fused-ring (bicyclic) bond motifs is 1. The van der Waals surface area contributed by atoms with Gasteiger partial charge in [0.05, 0.1) is 0 Å². The van der Waals surface area contributed by atoms with Crippen LogP contribution >= 0.6 is 15.9 Å². The van der Waals surface area contributed by atoms with Crippen LogP contribution in [-0.2, 0) is 4.79 Å². The van der Waals surface area contributed by atoms with Crippen LogP contribution in [0.5, 0.6) is 0 Å². The normalized spacial score (nSPS) is 35.9. The Balaban J connectivity index is 1.64. The molecule has 0 aromatic carbocycles. The van der Waals surface area contributed by atoms with Crippen LogP contribution in [0.2, 0.25) is 0 Å². The molecule has 3 saturated carbocycles. The number of carbonyl (C=O) groups excluding carboxylic acids is 1. The van der Waals surface area contributed by atoms with Crippen molar-refractivity contribution in [3.05, 3.63) is 0 Å². The van der Waals surface area contributed by atoms with Gasteiger partial charge in [-0.3, -0.25) is 4.79 Å². The largest absolute Gasteiger partial charge is 0.339 e. The van der Waals surface area contributed by atoms with Gasteiger partial charge in [0.1, 0.15) is 0 Å². The van der Waals surface area contributed by atoms with E-state index in [1.165, 1.54) is 44.9 Å². The van der Waals surface area contributed by atoms with Crippen molar-refractivity contribution in [2.75, 3.05) is 11.9 Å². The first-order chi connectivity index (χ1) is 8.33. The zero-order chi connectivity index (χ0) is 11.8. The minimum atomic E-state index is 0.420. The van der Waals surface area contributed by atoms with Gasteiger partial charge < -0.3 is 4.90 Å². The van der Waals surface area contributed by atoms with Crippen molar-refractivity contribution >= 4 is 21.8 Å². The van der Waals surface area contributed by atoms with Crippen LogP contribution in [0.4, 0.5) is 0 Å². The number of alkyl halides is 1. The first-order valence-corrected chi connectivity index (χ1v) is 8.31. The summed E-state index contributed by atoms with van der Waals surface area (Å²) in [6.07, 6.45) is 9.09. The molecule has 0 aliphatic heterocycles. The Kier molecular flexibility index (Phi) is 3.47. The van der Waals surface area contributed by atoms with Gasteiger partial charge in [-0.05, 0) is 37.5 Å². The van der Waals surface area contributed by atoms with Crippen LogP contribution in [-0.4, -0.2) is 28.7 Å². The molecule has 2 atom stereocenters. The number of carbonyl (C=O) groups is 1. The lowest BCUT2D eigenvalue weighted by atomic mass is 10.1. The third-order valence-electron chi connectivity index (χ3n) is 5.07. The minimum Gasteiger partial charge on any atom is -0.339 e. The van der Waals surface area contributed by atoms with Gasteiger partial charge in [-0.1, -0.05) is 35.2 Å². The van der Waals surface area contributed by atoms with E-state index >= 15 is 0 Å². The summed E-state index contributed by atoms with van der Waals surface area (Å²) < 4.78 is 0. The van der Waals surface area contributed by atoms with E-state index in [0.717, 1.165) is 23.7 Å². The summed E-state index contributed by atoms with van der Waals surface area (Å²) in [6.45, 7) is 0.916. The van der Waals surface area contributed by atoms with Gasteiger partial charge in [-0.2, -0.15) is 0 Å². The highest BCUT2D eigenvalue weighted by molar-refractivity contribution is 9.09. The van der Waals surface area contributed by atoms with E-state index in [-0.39, 0.29) is 0 Å². The van der Waals surface area contributed by atoms with E-state index in [0.29, 0.717) is 17.9 Å². The Morgan fingerprint density at radius 1 is 1.06 bits per heavy atom. The average molecular weight is 300 g/mol. The molecule has 0 radical (unpaired) electrons. The zero-order valence-corrected chi connectivity index (χ0v) is 12.0. The fourth-order valence-electron chi connectivity index (χ4n) is 4.16. The lowest BCUT2D eigenvalue weighted by Crippen LogP contribution is -2.41. The molecule has 3 heteroatoms. The number of hydrogen-bond donors (Lipinski definition) is 0. The van der Waals surface area contributed by atoms with Crippen LogP contribution in [0.15, 0.2) is 0 Å². The number of nitrogens with zero attached hydrogens (tertiary/aromatic N) is 1. The van der Waals surface area contributed by atoms with Crippen molar-refractivity contribution in [3.8, 4) is 0 Å². The molecule has 0 heterocycles. The third-order valence-corrected chi connectivity index (χ3v) is 5.42. The Hall–Kier alpha value is -0.0500. The highest BCUT2D eigenvalue weighted by Crippen LogP contribution is 2.58. The Morgan fingerprint density at radius 2 is 1.71 bits per heavy atom. The quantitative estimate of drug-likeness (QED) is 0.730. The molecule has 17 heavy (non-hydrogen) atoms. The number of rotatable bonds is 4. The monoisotopic (exact) mass is 299 g/mol. The van der Waals surface area contributed by atoms with Crippen LogP contribution < -0.4 is 0 Å². The zero-order valence-electron chi connectivity index (χ0n) is 10.4. The maximum atomic E-state index is 12.6. The molecule has 0 saturated heterocycles. The second-order valence-corrected chi connectivity index (χ2v) is 6.74. The summed E-state index contributed by atoms with van der Waals surface area (Å²) in [5.41, 5.74) is 0. The summed E-state index contributed by atoms with van der Waals surface area (Å²) in [5.74, 6) is 2.44. The average Bonchev–Trinajstić information content (AvgIpc) is 2.82. The second kappa shape index (κ2) is 4.91. The molecule has 0 spiro atoms. The van der Waals surface area contributed by atoms with Gasteiger partial charge in [-0.15, -0.1) is 0 Å². The predicted molar refractivity (Wildman–Crippen MR) is 72.1 cm³/mol. The van der Waals surface area contributed by atoms with E-state index in [2.05, 4.69) is 20.8 Å². The van der Waals surface area contributed by atoms with E-state index in [1.54, 1.807) is 0 Å². The van der Waals surface area contributed by atoms with Crippen LogP contribution in [0, 0.1) is 17.8 Å². The van der Waals surface area contributed by atoms with Crippen LogP contribution in [0.25, 0.3) is 0 Å². The van der Waals surface area contributed by atoms with E-state index in [9.17, 15) is 4.79 Å². The van der Waals surface area contributed by atoms with Gasteiger partial charge in [0.2, 0.25) is 5.91 Å². The highest BCUT2D eigenvalue weighted by atomic mass is 79.9. The Labute approximate surface area is 112 Å². The SMILES string of the molecule is O=C(C1C2CCCC21)N(CCBr)C1CCCC1. The molecule has 3 rings (SSSR count). The molecule has 3 aliphatic carbocycles.